The van der Waals surface area contributed by atoms with Gasteiger partial charge in [-0.15, -0.1) is 0 Å². The molecule has 0 heterocycles. The molecule has 0 amide bonds. The van der Waals surface area contributed by atoms with Gasteiger partial charge in [-0.25, -0.2) is 0 Å². The van der Waals surface area contributed by atoms with Gasteiger partial charge in [-0.05, 0) is 6.92 Å². The molecular weight excluding hydrogens is 401 g/mol. The van der Waals surface area contributed by atoms with Gasteiger partial charge in [-0.1, -0.05) is 125 Å². The lowest BCUT2D eigenvalue weighted by atomic mass is 10.2. The van der Waals surface area contributed by atoms with Crippen molar-refractivity contribution in [3.05, 3.63) is 83.9 Å². The van der Waals surface area contributed by atoms with Crippen LogP contribution in [0.4, 0.5) is 13.2 Å². The van der Waals surface area contributed by atoms with Gasteiger partial charge < -0.3 is 0 Å². The van der Waals surface area contributed by atoms with Crippen LogP contribution in [0.25, 0.3) is 0 Å². The average Bonchev–Trinajstić information content (AvgIpc) is 2.67. The Hall–Kier alpha value is -2.12. The van der Waals surface area contributed by atoms with Crippen LogP contribution >= 0.6 is 0 Å². The zero-order valence-corrected chi connectivity index (χ0v) is 19.6. The minimum absolute atomic E-state index is 0.569. The van der Waals surface area contributed by atoms with Crippen LogP contribution in [0.3, 0.4) is 0 Å². The maximum atomic E-state index is 13.2. The second kappa shape index (κ2) is 7.61. The van der Waals surface area contributed by atoms with E-state index in [0.29, 0.717) is 0 Å². The van der Waals surface area contributed by atoms with Gasteiger partial charge in [0.25, 0.3) is 0 Å². The van der Waals surface area contributed by atoms with E-state index in [1.165, 1.54) is 28.1 Å². The van der Waals surface area contributed by atoms with Gasteiger partial charge in [0.15, 0.2) is 0 Å². The van der Waals surface area contributed by atoms with Crippen molar-refractivity contribution in [2.24, 2.45) is 0 Å². The zero-order chi connectivity index (χ0) is 21.4. The molecular formula is C24H27F3Si2. The van der Waals surface area contributed by atoms with Crippen LogP contribution in [-0.4, -0.2) is 16.1 Å². The number of hydrogen-bond acceptors (Lipinski definition) is 0. The molecule has 0 atom stereocenters. The van der Waals surface area contributed by atoms with Crippen molar-refractivity contribution >= 4 is 36.9 Å². The van der Waals surface area contributed by atoms with E-state index < -0.39 is 27.9 Å². The largest absolute Gasteiger partial charge is 0.416 e. The van der Waals surface area contributed by atoms with Crippen LogP contribution in [0.15, 0.2) is 72.8 Å². The minimum atomic E-state index is -4.31. The highest BCUT2D eigenvalue weighted by molar-refractivity contribution is 7.01. The predicted molar refractivity (Wildman–Crippen MR) is 123 cm³/mol. The van der Waals surface area contributed by atoms with E-state index in [0.717, 1.165) is 16.4 Å². The highest BCUT2D eigenvalue weighted by Crippen LogP contribution is 2.28. The van der Waals surface area contributed by atoms with Gasteiger partial charge >= 0.3 is 6.18 Å². The summed E-state index contributed by atoms with van der Waals surface area (Å²) in [5.74, 6) is 0. The lowest BCUT2D eigenvalue weighted by molar-refractivity contribution is -0.137. The lowest BCUT2D eigenvalue weighted by Crippen LogP contribution is -2.56. The van der Waals surface area contributed by atoms with Crippen molar-refractivity contribution in [1.29, 1.82) is 0 Å². The SMILES string of the molecule is Cc1cccc([Si](C)(C)c2ccc([Si](C)(C)c3cccc(C(F)(F)F)c3)cc2)c1. The standard InChI is InChI=1S/C24H27F3Si2/c1-18-8-6-10-22(16-18)28(2,3)20-12-14-21(15-13-20)29(4,5)23-11-7-9-19(17-23)24(25,26)27/h6-17H,1-5H3. The average molecular weight is 429 g/mol. The first-order chi connectivity index (χ1) is 13.4. The Kier molecular flexibility index (Phi) is 5.67. The number of aryl methyl sites for hydroxylation is 1. The number of rotatable bonds is 4. The normalized spacial score (nSPS) is 12.8. The Morgan fingerprint density at radius 3 is 1.48 bits per heavy atom. The van der Waals surface area contributed by atoms with Crippen LogP contribution in [0, 0.1) is 6.92 Å². The summed E-state index contributed by atoms with van der Waals surface area (Å²) in [4.78, 5) is 0. The van der Waals surface area contributed by atoms with Crippen LogP contribution in [-0.2, 0) is 6.18 Å². The molecule has 0 saturated carbocycles. The highest BCUT2D eigenvalue weighted by atomic mass is 28.3. The quantitative estimate of drug-likeness (QED) is 0.530. The van der Waals surface area contributed by atoms with Crippen molar-refractivity contribution in [2.45, 2.75) is 39.3 Å². The maximum Gasteiger partial charge on any atom is 0.416 e. The summed E-state index contributed by atoms with van der Waals surface area (Å²) in [6, 6.07) is 23.2. The van der Waals surface area contributed by atoms with E-state index in [1.807, 2.05) is 6.07 Å². The van der Waals surface area contributed by atoms with Gasteiger partial charge in [0.05, 0.1) is 5.56 Å². The Morgan fingerprint density at radius 2 is 1.03 bits per heavy atom. The molecule has 3 rings (SSSR count). The molecule has 0 unspecified atom stereocenters. The van der Waals surface area contributed by atoms with Crippen LogP contribution < -0.4 is 20.7 Å². The van der Waals surface area contributed by atoms with E-state index >= 15 is 0 Å². The molecule has 0 spiro atoms. The maximum absolute atomic E-state index is 13.2. The molecule has 152 valence electrons. The molecule has 29 heavy (non-hydrogen) atoms. The fraction of sp³-hybridized carbons (Fsp3) is 0.250. The van der Waals surface area contributed by atoms with Crippen LogP contribution in [0.5, 0.6) is 0 Å². The van der Waals surface area contributed by atoms with Crippen molar-refractivity contribution < 1.29 is 13.2 Å². The predicted octanol–water partition coefficient (Wildman–Crippen LogP) is 4.66. The second-order valence-electron chi connectivity index (χ2n) is 8.78. The third kappa shape index (κ3) is 4.41. The highest BCUT2D eigenvalue weighted by Gasteiger charge is 2.34. The third-order valence-electron chi connectivity index (χ3n) is 5.98. The van der Waals surface area contributed by atoms with Gasteiger partial charge in [0, 0.05) is 0 Å². The first-order valence-electron chi connectivity index (χ1n) is 9.78. The molecule has 0 N–H and O–H groups in total. The topological polar surface area (TPSA) is 0 Å². The molecule has 3 aromatic carbocycles. The molecule has 0 radical (unpaired) electrons. The molecule has 0 aliphatic heterocycles. The minimum Gasteiger partial charge on any atom is -0.166 e. The Balaban J connectivity index is 1.95. The number of benzene rings is 3. The van der Waals surface area contributed by atoms with E-state index in [1.54, 1.807) is 0 Å². The molecule has 0 saturated heterocycles. The van der Waals surface area contributed by atoms with E-state index in [2.05, 4.69) is 81.6 Å². The summed E-state index contributed by atoms with van der Waals surface area (Å²) in [6.07, 6.45) is -4.31. The van der Waals surface area contributed by atoms with Gasteiger partial charge in [0.1, 0.15) is 16.1 Å². The molecule has 3 aromatic rings. The molecule has 0 bridgehead atoms. The van der Waals surface area contributed by atoms with Gasteiger partial charge in [-0.3, -0.25) is 0 Å². The fourth-order valence-electron chi connectivity index (χ4n) is 3.75. The summed E-state index contributed by atoms with van der Waals surface area (Å²) in [6.45, 7) is 11.0. The Labute approximate surface area is 173 Å². The molecule has 5 heteroatoms. The van der Waals surface area contributed by atoms with E-state index in [9.17, 15) is 13.2 Å². The third-order valence-corrected chi connectivity index (χ3v) is 13.0. The molecule has 0 aliphatic rings. The van der Waals surface area contributed by atoms with E-state index in [-0.39, 0.29) is 0 Å². The Bertz CT molecular complexity index is 1000. The summed E-state index contributed by atoms with van der Waals surface area (Å²) in [5.41, 5.74) is 0.693. The first-order valence-corrected chi connectivity index (χ1v) is 15.8. The van der Waals surface area contributed by atoms with Crippen molar-refractivity contribution in [3.8, 4) is 0 Å². The number of alkyl halides is 3. The molecule has 0 aromatic heterocycles. The van der Waals surface area contributed by atoms with Crippen molar-refractivity contribution in [2.75, 3.05) is 0 Å². The molecule has 0 aliphatic carbocycles. The van der Waals surface area contributed by atoms with Crippen molar-refractivity contribution in [3.63, 3.8) is 0 Å². The zero-order valence-electron chi connectivity index (χ0n) is 17.6. The van der Waals surface area contributed by atoms with Crippen LogP contribution in [0.1, 0.15) is 11.1 Å². The smallest absolute Gasteiger partial charge is 0.166 e. The van der Waals surface area contributed by atoms with Gasteiger partial charge in [0.2, 0.25) is 0 Å². The summed E-state index contributed by atoms with van der Waals surface area (Å²) >= 11 is 0. The Morgan fingerprint density at radius 1 is 0.586 bits per heavy atom. The lowest BCUT2D eigenvalue weighted by Gasteiger charge is -2.27. The van der Waals surface area contributed by atoms with Crippen molar-refractivity contribution in [1.82, 2.24) is 0 Å². The summed E-state index contributed by atoms with van der Waals surface area (Å²) in [7, 11) is -4.04. The number of halogens is 3. The first kappa shape index (κ1) is 21.6. The monoisotopic (exact) mass is 428 g/mol. The van der Waals surface area contributed by atoms with Gasteiger partial charge in [-0.2, -0.15) is 13.2 Å². The molecule has 0 fully saturated rings. The summed E-state index contributed by atoms with van der Waals surface area (Å²) < 4.78 is 39.5. The van der Waals surface area contributed by atoms with E-state index in [4.69, 9.17) is 0 Å². The number of hydrogen-bond donors (Lipinski definition) is 0. The fourth-order valence-corrected chi connectivity index (χ4v) is 8.55. The van der Waals surface area contributed by atoms with Crippen LogP contribution in [0.2, 0.25) is 26.2 Å². The molecule has 0 nitrogen and oxygen atoms in total. The second-order valence-corrected chi connectivity index (χ2v) is 17.6. The summed E-state index contributed by atoms with van der Waals surface area (Å²) in [5, 5.41) is 4.67.